The molecule has 3 aromatic rings. The number of rotatable bonds is 11. The largest absolute Gasteiger partial charge is 0.496 e. The van der Waals surface area contributed by atoms with E-state index in [-0.39, 0.29) is 0 Å². The quantitative estimate of drug-likeness (QED) is 0.298. The summed E-state index contributed by atoms with van der Waals surface area (Å²) in [7, 11) is -3.25. The molecule has 7 heteroatoms. The van der Waals surface area contributed by atoms with E-state index in [2.05, 4.69) is 0 Å². The highest BCUT2D eigenvalue weighted by Crippen LogP contribution is 2.66. The van der Waals surface area contributed by atoms with Crippen LogP contribution in [0.3, 0.4) is 0 Å². The number of hydrogen-bond acceptors (Lipinski definition) is 5. The van der Waals surface area contributed by atoms with Crippen molar-refractivity contribution in [3.63, 3.8) is 0 Å². The first-order valence-corrected chi connectivity index (χ1v) is 12.8. The predicted molar refractivity (Wildman–Crippen MR) is 126 cm³/mol. The van der Waals surface area contributed by atoms with Crippen molar-refractivity contribution < 1.29 is 23.3 Å². The Kier molecular flexibility index (Phi) is 8.27. The van der Waals surface area contributed by atoms with Crippen LogP contribution in [0.1, 0.15) is 20.8 Å². The summed E-state index contributed by atoms with van der Waals surface area (Å²) in [5.74, 6) is 2.77. The monoisotopic (exact) mass is 461 g/mol. The van der Waals surface area contributed by atoms with Crippen LogP contribution in [0.2, 0.25) is 0 Å². The second-order valence-corrected chi connectivity index (χ2v) is 9.46. The molecule has 0 saturated carbocycles. The molecule has 0 N–H and O–H groups in total. The second kappa shape index (κ2) is 11.1. The predicted octanol–water partition coefficient (Wildman–Crippen LogP) is 6.67. The molecule has 164 valence electrons. The Balaban J connectivity index is 2.09. The maximum Gasteiger partial charge on any atom is 0.496 e. The maximum atomic E-state index is 7.19. The Hall–Kier alpha value is -2.62. The molecule has 0 radical (unpaired) electrons. The second-order valence-electron chi connectivity index (χ2n) is 6.32. The summed E-state index contributed by atoms with van der Waals surface area (Å²) in [6, 6.07) is 22.3. The zero-order valence-electron chi connectivity index (χ0n) is 17.9. The number of hydrogen-bond donors (Lipinski definition) is 0. The number of benzene rings is 3. The van der Waals surface area contributed by atoms with Crippen molar-refractivity contribution in [2.24, 2.45) is 0 Å². The van der Waals surface area contributed by atoms with Crippen molar-refractivity contribution in [3.8, 4) is 28.7 Å². The van der Waals surface area contributed by atoms with Crippen LogP contribution in [0.4, 0.5) is 0 Å². The zero-order valence-corrected chi connectivity index (χ0v) is 19.6. The molecule has 3 aromatic carbocycles. The average Bonchev–Trinajstić information content (AvgIpc) is 2.77. The average molecular weight is 462 g/mol. The van der Waals surface area contributed by atoms with E-state index in [0.29, 0.717) is 53.9 Å². The zero-order chi connectivity index (χ0) is 22.1. The van der Waals surface area contributed by atoms with E-state index < -0.39 is 7.07 Å². The fourth-order valence-electron chi connectivity index (χ4n) is 2.93. The standard InChI is InChI=1S/C24H27ClO5P/c1-4-26-19-13-7-9-15-21(19)29-31(25,24-18-12-11-17-23(24)28-6-3)30-22-16-10-8-14-20(22)27-5-2/h7-18H,4-6H2,1-3H3/q+1. The van der Waals surface area contributed by atoms with Crippen molar-refractivity contribution >= 4 is 23.6 Å². The molecule has 0 bridgehead atoms. The smallest absolute Gasteiger partial charge is 0.490 e. The van der Waals surface area contributed by atoms with Crippen LogP contribution >= 0.6 is 18.3 Å². The molecule has 3 rings (SSSR count). The molecule has 0 atom stereocenters. The fourth-order valence-corrected chi connectivity index (χ4v) is 5.50. The Morgan fingerprint density at radius 1 is 0.548 bits per heavy atom. The highest BCUT2D eigenvalue weighted by atomic mass is 35.7. The lowest BCUT2D eigenvalue weighted by Gasteiger charge is -2.21. The lowest BCUT2D eigenvalue weighted by Crippen LogP contribution is -2.20. The van der Waals surface area contributed by atoms with E-state index >= 15 is 0 Å². The molecule has 0 aliphatic heterocycles. The molecule has 0 spiro atoms. The summed E-state index contributed by atoms with van der Waals surface area (Å²) in [5, 5.41) is 0.635. The fraction of sp³-hybridized carbons (Fsp3) is 0.250. The Morgan fingerprint density at radius 3 is 1.35 bits per heavy atom. The Labute approximate surface area is 189 Å². The van der Waals surface area contributed by atoms with Gasteiger partial charge in [0.25, 0.3) is 0 Å². The summed E-state index contributed by atoms with van der Waals surface area (Å²) in [6.07, 6.45) is 0. The van der Waals surface area contributed by atoms with Gasteiger partial charge in [-0.05, 0) is 57.2 Å². The van der Waals surface area contributed by atoms with Gasteiger partial charge in [0.2, 0.25) is 16.8 Å². The van der Waals surface area contributed by atoms with Crippen molar-refractivity contribution in [2.45, 2.75) is 20.8 Å². The molecular weight excluding hydrogens is 435 g/mol. The van der Waals surface area contributed by atoms with E-state index in [4.69, 9.17) is 34.5 Å². The van der Waals surface area contributed by atoms with E-state index in [9.17, 15) is 0 Å². The molecule has 5 nitrogen and oxygen atoms in total. The van der Waals surface area contributed by atoms with Gasteiger partial charge in [-0.3, -0.25) is 9.05 Å². The van der Waals surface area contributed by atoms with Gasteiger partial charge >= 0.3 is 7.07 Å². The number of halogens is 1. The Morgan fingerprint density at radius 2 is 0.903 bits per heavy atom. The Bertz CT molecular complexity index is 930. The molecule has 0 aromatic heterocycles. The molecular formula is C24H27ClO5P+. The molecule has 0 saturated heterocycles. The lowest BCUT2D eigenvalue weighted by molar-refractivity contribution is 0.320. The van der Waals surface area contributed by atoms with E-state index in [1.54, 1.807) is 0 Å². The summed E-state index contributed by atoms with van der Waals surface area (Å²) in [5.41, 5.74) is 0. The first-order chi connectivity index (χ1) is 15.1. The van der Waals surface area contributed by atoms with Crippen LogP contribution in [0.5, 0.6) is 28.7 Å². The molecule has 0 amide bonds. The van der Waals surface area contributed by atoms with Gasteiger partial charge in [-0.15, -0.1) is 0 Å². The van der Waals surface area contributed by atoms with Gasteiger partial charge < -0.3 is 14.2 Å². The molecule has 31 heavy (non-hydrogen) atoms. The molecule has 0 unspecified atom stereocenters. The minimum Gasteiger partial charge on any atom is -0.490 e. The highest BCUT2D eigenvalue weighted by molar-refractivity contribution is 7.98. The van der Waals surface area contributed by atoms with Crippen LogP contribution in [-0.2, 0) is 0 Å². The van der Waals surface area contributed by atoms with Gasteiger partial charge in [0.1, 0.15) is 0 Å². The minimum absolute atomic E-state index is 0.485. The SMILES string of the molecule is CCOc1ccccc1O[P+](Cl)(Oc1ccccc1OCC)c1ccccc1OCC. The van der Waals surface area contributed by atoms with Gasteiger partial charge in [0.15, 0.2) is 28.5 Å². The van der Waals surface area contributed by atoms with Crippen molar-refractivity contribution in [2.75, 3.05) is 19.8 Å². The van der Waals surface area contributed by atoms with Gasteiger partial charge in [-0.25, -0.2) is 0 Å². The van der Waals surface area contributed by atoms with E-state index in [1.165, 1.54) is 0 Å². The summed E-state index contributed by atoms with van der Waals surface area (Å²) < 4.78 is 30.1. The molecule has 0 fully saturated rings. The van der Waals surface area contributed by atoms with Crippen LogP contribution in [-0.4, -0.2) is 19.8 Å². The van der Waals surface area contributed by atoms with E-state index in [0.717, 1.165) is 0 Å². The lowest BCUT2D eigenvalue weighted by atomic mass is 10.3. The third-order valence-electron chi connectivity index (χ3n) is 4.18. The molecule has 0 heterocycles. The van der Waals surface area contributed by atoms with Crippen molar-refractivity contribution in [1.29, 1.82) is 0 Å². The van der Waals surface area contributed by atoms with Gasteiger partial charge in [-0.2, -0.15) is 0 Å². The van der Waals surface area contributed by atoms with Crippen LogP contribution in [0, 0.1) is 0 Å². The number of ether oxygens (including phenoxy) is 3. The molecule has 0 aliphatic rings. The van der Waals surface area contributed by atoms with Crippen LogP contribution in [0.25, 0.3) is 0 Å². The summed E-state index contributed by atoms with van der Waals surface area (Å²) in [6.45, 7) is 7.23. The third-order valence-corrected chi connectivity index (χ3v) is 6.95. The first kappa shape index (κ1) is 23.1. The van der Waals surface area contributed by atoms with Gasteiger partial charge in [0, 0.05) is 0 Å². The third kappa shape index (κ3) is 5.75. The van der Waals surface area contributed by atoms with E-state index in [1.807, 2.05) is 93.6 Å². The van der Waals surface area contributed by atoms with Crippen molar-refractivity contribution in [3.05, 3.63) is 72.8 Å². The van der Waals surface area contributed by atoms with Crippen molar-refractivity contribution in [1.82, 2.24) is 0 Å². The normalized spacial score (nSPS) is 11.0. The number of para-hydroxylation sites is 5. The first-order valence-electron chi connectivity index (χ1n) is 10.2. The summed E-state index contributed by atoms with van der Waals surface area (Å²) in [4.78, 5) is 0. The van der Waals surface area contributed by atoms with Crippen LogP contribution in [0.15, 0.2) is 72.8 Å². The molecule has 0 aliphatic carbocycles. The topological polar surface area (TPSA) is 46.2 Å². The minimum atomic E-state index is -3.25. The van der Waals surface area contributed by atoms with Crippen LogP contribution < -0.4 is 28.6 Å². The summed E-state index contributed by atoms with van der Waals surface area (Å²) >= 11 is 7.19. The van der Waals surface area contributed by atoms with Gasteiger partial charge in [-0.1, -0.05) is 36.4 Å². The van der Waals surface area contributed by atoms with Gasteiger partial charge in [0.05, 0.1) is 19.8 Å². The maximum absolute atomic E-state index is 7.19. The highest BCUT2D eigenvalue weighted by Gasteiger charge is 2.51.